The van der Waals surface area contributed by atoms with Crippen LogP contribution in [0.1, 0.15) is 35.3 Å². The second kappa shape index (κ2) is 6.37. The standard InChI is InChI=1S/C17H17Cl2NO/c18-12-5-6-14(15(19)9-12)16(20)10-17-13-4-2-1-3-11(13)7-8-21-17/h1-6,9,16-17H,7-8,10,20H2. The van der Waals surface area contributed by atoms with E-state index in [2.05, 4.69) is 18.2 Å². The highest BCUT2D eigenvalue weighted by Gasteiger charge is 2.24. The molecule has 0 saturated heterocycles. The Bertz CT molecular complexity index is 644. The number of rotatable bonds is 3. The van der Waals surface area contributed by atoms with Crippen molar-refractivity contribution in [3.05, 3.63) is 69.2 Å². The van der Waals surface area contributed by atoms with E-state index in [4.69, 9.17) is 33.7 Å². The van der Waals surface area contributed by atoms with Gasteiger partial charge < -0.3 is 10.5 Å². The molecule has 0 radical (unpaired) electrons. The highest BCUT2D eigenvalue weighted by Crippen LogP contribution is 2.35. The summed E-state index contributed by atoms with van der Waals surface area (Å²) in [4.78, 5) is 0. The van der Waals surface area contributed by atoms with Crippen molar-refractivity contribution in [3.8, 4) is 0 Å². The molecule has 2 aromatic carbocycles. The van der Waals surface area contributed by atoms with Crippen LogP contribution in [0.4, 0.5) is 0 Å². The Morgan fingerprint density at radius 2 is 2.00 bits per heavy atom. The van der Waals surface area contributed by atoms with Crippen LogP contribution in [0.15, 0.2) is 42.5 Å². The summed E-state index contributed by atoms with van der Waals surface area (Å²) < 4.78 is 5.91. The van der Waals surface area contributed by atoms with Crippen LogP contribution in [0.5, 0.6) is 0 Å². The lowest BCUT2D eigenvalue weighted by atomic mass is 9.92. The van der Waals surface area contributed by atoms with Gasteiger partial charge in [0.25, 0.3) is 0 Å². The van der Waals surface area contributed by atoms with Crippen molar-refractivity contribution in [1.29, 1.82) is 0 Å². The average Bonchev–Trinajstić information content (AvgIpc) is 2.47. The van der Waals surface area contributed by atoms with E-state index in [9.17, 15) is 0 Å². The van der Waals surface area contributed by atoms with E-state index in [-0.39, 0.29) is 12.1 Å². The highest BCUT2D eigenvalue weighted by atomic mass is 35.5. The maximum absolute atomic E-state index is 6.33. The third kappa shape index (κ3) is 3.24. The maximum Gasteiger partial charge on any atom is 0.0845 e. The Hall–Kier alpha value is -1.06. The molecule has 0 saturated carbocycles. The molecule has 0 bridgehead atoms. The van der Waals surface area contributed by atoms with E-state index < -0.39 is 0 Å². The van der Waals surface area contributed by atoms with Gasteiger partial charge in [0, 0.05) is 16.1 Å². The first-order valence-electron chi connectivity index (χ1n) is 7.05. The van der Waals surface area contributed by atoms with Crippen LogP contribution in [-0.4, -0.2) is 6.61 Å². The molecular formula is C17H17Cl2NO. The summed E-state index contributed by atoms with van der Waals surface area (Å²) in [7, 11) is 0. The molecule has 21 heavy (non-hydrogen) atoms. The van der Waals surface area contributed by atoms with E-state index in [1.54, 1.807) is 6.07 Å². The fourth-order valence-electron chi connectivity index (χ4n) is 2.83. The van der Waals surface area contributed by atoms with Crippen LogP contribution in [-0.2, 0) is 11.2 Å². The van der Waals surface area contributed by atoms with Crippen molar-refractivity contribution < 1.29 is 4.74 Å². The fourth-order valence-corrected chi connectivity index (χ4v) is 3.38. The molecule has 0 fully saturated rings. The number of hydrogen-bond acceptors (Lipinski definition) is 2. The van der Waals surface area contributed by atoms with Gasteiger partial charge >= 0.3 is 0 Å². The number of ether oxygens (including phenoxy) is 1. The van der Waals surface area contributed by atoms with Gasteiger partial charge in [0.15, 0.2) is 0 Å². The third-order valence-electron chi connectivity index (χ3n) is 3.92. The van der Waals surface area contributed by atoms with Crippen molar-refractivity contribution in [2.24, 2.45) is 5.73 Å². The van der Waals surface area contributed by atoms with E-state index in [1.165, 1.54) is 11.1 Å². The number of benzene rings is 2. The molecule has 2 unspecified atom stereocenters. The summed E-state index contributed by atoms with van der Waals surface area (Å²) in [6, 6.07) is 13.7. The molecule has 0 aliphatic carbocycles. The first-order valence-corrected chi connectivity index (χ1v) is 7.80. The summed E-state index contributed by atoms with van der Waals surface area (Å²) in [5, 5.41) is 1.23. The summed E-state index contributed by atoms with van der Waals surface area (Å²) in [6.45, 7) is 0.739. The molecule has 2 nitrogen and oxygen atoms in total. The SMILES string of the molecule is NC(CC1OCCc2ccccc21)c1ccc(Cl)cc1Cl. The summed E-state index contributed by atoms with van der Waals surface area (Å²) in [6.07, 6.45) is 1.69. The van der Waals surface area contributed by atoms with Crippen LogP contribution in [0.3, 0.4) is 0 Å². The van der Waals surface area contributed by atoms with Gasteiger partial charge in [-0.1, -0.05) is 53.5 Å². The van der Waals surface area contributed by atoms with Gasteiger partial charge in [0.05, 0.1) is 12.7 Å². The quantitative estimate of drug-likeness (QED) is 0.889. The predicted octanol–water partition coefficient (Wildman–Crippen LogP) is 4.70. The first-order chi connectivity index (χ1) is 10.1. The minimum atomic E-state index is -0.175. The molecule has 1 aliphatic rings. The van der Waals surface area contributed by atoms with Crippen molar-refractivity contribution >= 4 is 23.2 Å². The average molecular weight is 322 g/mol. The Labute approximate surface area is 134 Å². The van der Waals surface area contributed by atoms with E-state index >= 15 is 0 Å². The van der Waals surface area contributed by atoms with Crippen molar-refractivity contribution in [2.45, 2.75) is 25.0 Å². The molecular weight excluding hydrogens is 305 g/mol. The zero-order chi connectivity index (χ0) is 14.8. The molecule has 0 amide bonds. The Balaban J connectivity index is 1.81. The van der Waals surface area contributed by atoms with Crippen molar-refractivity contribution in [3.63, 3.8) is 0 Å². The van der Waals surface area contributed by atoms with Crippen LogP contribution < -0.4 is 5.73 Å². The lowest BCUT2D eigenvalue weighted by molar-refractivity contribution is 0.0320. The van der Waals surface area contributed by atoms with E-state index in [1.807, 2.05) is 18.2 Å². The van der Waals surface area contributed by atoms with Crippen LogP contribution in [0.25, 0.3) is 0 Å². The molecule has 1 heterocycles. The summed E-state index contributed by atoms with van der Waals surface area (Å²) >= 11 is 12.2. The van der Waals surface area contributed by atoms with Gasteiger partial charge in [0.1, 0.15) is 0 Å². The number of hydrogen-bond donors (Lipinski definition) is 1. The normalized spacial score (nSPS) is 19.1. The van der Waals surface area contributed by atoms with Gasteiger partial charge in [0.2, 0.25) is 0 Å². The largest absolute Gasteiger partial charge is 0.373 e. The highest BCUT2D eigenvalue weighted by molar-refractivity contribution is 6.35. The second-order valence-electron chi connectivity index (χ2n) is 5.32. The van der Waals surface area contributed by atoms with Crippen molar-refractivity contribution in [1.82, 2.24) is 0 Å². The number of halogens is 2. The minimum Gasteiger partial charge on any atom is -0.373 e. The molecule has 110 valence electrons. The lowest BCUT2D eigenvalue weighted by Crippen LogP contribution is -2.21. The fraction of sp³-hybridized carbons (Fsp3) is 0.294. The third-order valence-corrected chi connectivity index (χ3v) is 4.48. The van der Waals surface area contributed by atoms with Crippen molar-refractivity contribution in [2.75, 3.05) is 6.61 Å². The second-order valence-corrected chi connectivity index (χ2v) is 6.16. The molecule has 2 aromatic rings. The molecule has 4 heteroatoms. The monoisotopic (exact) mass is 321 g/mol. The first kappa shape index (κ1) is 14.9. The number of fused-ring (bicyclic) bond motifs is 1. The molecule has 2 N–H and O–H groups in total. The van der Waals surface area contributed by atoms with Gasteiger partial charge in [-0.2, -0.15) is 0 Å². The molecule has 0 spiro atoms. The smallest absolute Gasteiger partial charge is 0.0845 e. The summed E-state index contributed by atoms with van der Waals surface area (Å²) in [5.74, 6) is 0. The molecule has 2 atom stereocenters. The topological polar surface area (TPSA) is 35.2 Å². The van der Waals surface area contributed by atoms with Gasteiger partial charge in [-0.05, 0) is 41.7 Å². The Kier molecular flexibility index (Phi) is 4.51. The Morgan fingerprint density at radius 1 is 1.19 bits per heavy atom. The maximum atomic E-state index is 6.33. The Morgan fingerprint density at radius 3 is 2.81 bits per heavy atom. The number of nitrogens with two attached hydrogens (primary N) is 1. The molecule has 0 aromatic heterocycles. The van der Waals surface area contributed by atoms with Gasteiger partial charge in [-0.25, -0.2) is 0 Å². The van der Waals surface area contributed by atoms with E-state index in [0.29, 0.717) is 16.5 Å². The molecule has 3 rings (SSSR count). The zero-order valence-corrected chi connectivity index (χ0v) is 13.1. The van der Waals surface area contributed by atoms with Gasteiger partial charge in [-0.3, -0.25) is 0 Å². The zero-order valence-electron chi connectivity index (χ0n) is 11.6. The van der Waals surface area contributed by atoms with Crippen LogP contribution >= 0.6 is 23.2 Å². The summed E-state index contributed by atoms with van der Waals surface area (Å²) in [5.41, 5.74) is 9.83. The van der Waals surface area contributed by atoms with Gasteiger partial charge in [-0.15, -0.1) is 0 Å². The van der Waals surface area contributed by atoms with Crippen LogP contribution in [0, 0.1) is 0 Å². The predicted molar refractivity (Wildman–Crippen MR) is 86.8 cm³/mol. The van der Waals surface area contributed by atoms with Crippen LogP contribution in [0.2, 0.25) is 10.0 Å². The molecule has 1 aliphatic heterocycles. The van der Waals surface area contributed by atoms with E-state index in [0.717, 1.165) is 18.6 Å². The minimum absolute atomic E-state index is 0.0247. The lowest BCUT2D eigenvalue weighted by Gasteiger charge is -2.28.